The second-order valence-electron chi connectivity index (χ2n) is 13.4. The van der Waals surface area contributed by atoms with E-state index in [1.165, 1.54) is 4.90 Å². The summed E-state index contributed by atoms with van der Waals surface area (Å²) in [5.74, 6) is -0.524. The molecule has 2 saturated heterocycles. The van der Waals surface area contributed by atoms with Crippen molar-refractivity contribution in [1.82, 2.24) is 19.4 Å². The molecular formula is C37H43F6N5O2. The first-order valence-corrected chi connectivity index (χ1v) is 17.3. The molecule has 3 heterocycles. The van der Waals surface area contributed by atoms with Crippen LogP contribution in [0.15, 0.2) is 78.4 Å². The van der Waals surface area contributed by atoms with Gasteiger partial charge in [-0.1, -0.05) is 60.7 Å². The monoisotopic (exact) mass is 703 g/mol. The minimum Gasteiger partial charge on any atom is -0.380 e. The molecule has 6 rings (SSSR count). The van der Waals surface area contributed by atoms with Crippen molar-refractivity contribution in [2.45, 2.75) is 82.5 Å². The van der Waals surface area contributed by atoms with E-state index in [-0.39, 0.29) is 18.6 Å². The summed E-state index contributed by atoms with van der Waals surface area (Å²) in [5.41, 5.74) is -1.86. The third-order valence-electron chi connectivity index (χ3n) is 10.4. The van der Waals surface area contributed by atoms with Gasteiger partial charge in [0.2, 0.25) is 11.9 Å². The normalized spacial score (nSPS) is 24.1. The maximum atomic E-state index is 14.7. The number of amides is 1. The highest BCUT2D eigenvalue weighted by Gasteiger charge is 2.63. The maximum absolute atomic E-state index is 14.7. The van der Waals surface area contributed by atoms with Gasteiger partial charge in [0, 0.05) is 62.9 Å². The van der Waals surface area contributed by atoms with Crippen LogP contribution in [0.4, 0.5) is 32.3 Å². The minimum atomic E-state index is -5.21. The number of carbonyl (C=O) groups excluding carboxylic acids is 1. The number of benzene rings is 2. The van der Waals surface area contributed by atoms with E-state index in [0.29, 0.717) is 51.2 Å². The lowest BCUT2D eigenvalue weighted by Crippen LogP contribution is -2.60. The Balaban J connectivity index is 1.16. The summed E-state index contributed by atoms with van der Waals surface area (Å²) in [6.07, 6.45) is -6.88. The summed E-state index contributed by atoms with van der Waals surface area (Å²) < 4.78 is 92.9. The number of hydrogen-bond acceptors (Lipinski definition) is 5. The lowest BCUT2D eigenvalue weighted by molar-refractivity contribution is -0.218. The van der Waals surface area contributed by atoms with Gasteiger partial charge in [0.15, 0.2) is 5.41 Å². The lowest BCUT2D eigenvalue weighted by atomic mass is 9.75. The van der Waals surface area contributed by atoms with Crippen LogP contribution in [0.25, 0.3) is 11.0 Å². The summed E-state index contributed by atoms with van der Waals surface area (Å²) in [6.45, 7) is 5.35. The molecule has 1 aromatic heterocycles. The number of halogens is 6. The number of allylic oxidation sites excluding steroid dienone is 3. The molecule has 3 atom stereocenters. The highest BCUT2D eigenvalue weighted by Crippen LogP contribution is 2.51. The average Bonchev–Trinajstić information content (AvgIpc) is 3.44. The number of likely N-dealkylation sites (tertiary alicyclic amines) is 2. The van der Waals surface area contributed by atoms with Crippen LogP contribution >= 0.6 is 0 Å². The topological polar surface area (TPSA) is 62.6 Å². The van der Waals surface area contributed by atoms with E-state index in [4.69, 9.17) is 9.72 Å². The van der Waals surface area contributed by atoms with Gasteiger partial charge in [-0.3, -0.25) is 4.79 Å². The number of para-hydroxylation sites is 2. The van der Waals surface area contributed by atoms with Gasteiger partial charge in [0.05, 0.1) is 17.6 Å². The van der Waals surface area contributed by atoms with Crippen molar-refractivity contribution in [2.75, 3.05) is 38.2 Å². The van der Waals surface area contributed by atoms with Gasteiger partial charge in [-0.25, -0.2) is 4.98 Å². The number of ether oxygens (including phenoxy) is 1. The van der Waals surface area contributed by atoms with Crippen molar-refractivity contribution >= 4 is 22.9 Å². The molecule has 3 aliphatic rings. The van der Waals surface area contributed by atoms with E-state index < -0.39 is 41.7 Å². The van der Waals surface area contributed by atoms with Crippen LogP contribution in [0.1, 0.15) is 44.6 Å². The Bertz CT molecular complexity index is 1680. The number of anilines is 1. The van der Waals surface area contributed by atoms with Crippen molar-refractivity contribution < 1.29 is 35.9 Å². The molecule has 1 N–H and O–H groups in total. The molecule has 1 unspecified atom stereocenters. The Kier molecular flexibility index (Phi) is 10.6. The molecule has 1 aliphatic carbocycles. The fourth-order valence-corrected chi connectivity index (χ4v) is 7.67. The Morgan fingerprint density at radius 2 is 1.70 bits per heavy atom. The zero-order valence-corrected chi connectivity index (χ0v) is 28.0. The molecule has 1 amide bonds. The molecule has 3 aromatic rings. The molecule has 0 saturated carbocycles. The summed E-state index contributed by atoms with van der Waals surface area (Å²) in [5, 5.41) is 3.64. The highest BCUT2D eigenvalue weighted by molar-refractivity contribution is 5.87. The third kappa shape index (κ3) is 7.58. The largest absolute Gasteiger partial charge is 0.412 e. The summed E-state index contributed by atoms with van der Waals surface area (Å²) >= 11 is 0. The number of fused-ring (bicyclic) bond motifs is 1. The molecule has 2 aromatic carbocycles. The number of nitrogens with zero attached hydrogens (tertiary/aromatic N) is 4. The molecule has 2 fully saturated rings. The van der Waals surface area contributed by atoms with E-state index >= 15 is 0 Å². The van der Waals surface area contributed by atoms with E-state index in [1.807, 2.05) is 61.5 Å². The quantitative estimate of drug-likeness (QED) is 0.175. The Morgan fingerprint density at radius 1 is 0.980 bits per heavy atom. The summed E-state index contributed by atoms with van der Waals surface area (Å²) in [7, 11) is 0. The van der Waals surface area contributed by atoms with Crippen molar-refractivity contribution in [2.24, 2.45) is 5.41 Å². The first-order chi connectivity index (χ1) is 23.9. The van der Waals surface area contributed by atoms with Gasteiger partial charge < -0.3 is 24.4 Å². The van der Waals surface area contributed by atoms with E-state index in [1.54, 1.807) is 0 Å². The van der Waals surface area contributed by atoms with Gasteiger partial charge in [0.25, 0.3) is 0 Å². The van der Waals surface area contributed by atoms with Crippen LogP contribution in [0.5, 0.6) is 0 Å². The van der Waals surface area contributed by atoms with Crippen LogP contribution in [-0.4, -0.2) is 88.6 Å². The smallest absolute Gasteiger partial charge is 0.380 e. The third-order valence-corrected chi connectivity index (χ3v) is 10.4. The Hall–Kier alpha value is -3.84. The number of alkyl halides is 6. The number of piperidine rings is 2. The van der Waals surface area contributed by atoms with Crippen LogP contribution in [-0.2, 0) is 22.5 Å². The summed E-state index contributed by atoms with van der Waals surface area (Å²) in [6, 6.07) is 16.7. The highest BCUT2D eigenvalue weighted by atomic mass is 19.4. The van der Waals surface area contributed by atoms with Gasteiger partial charge >= 0.3 is 12.4 Å². The number of imidazole rings is 1. The van der Waals surface area contributed by atoms with Crippen molar-refractivity contribution in [3.8, 4) is 0 Å². The second-order valence-corrected chi connectivity index (χ2v) is 13.4. The molecule has 50 heavy (non-hydrogen) atoms. The number of rotatable bonds is 10. The Morgan fingerprint density at radius 3 is 2.40 bits per heavy atom. The molecule has 0 spiro atoms. The van der Waals surface area contributed by atoms with Crippen LogP contribution in [0.3, 0.4) is 0 Å². The predicted octanol–water partition coefficient (Wildman–Crippen LogP) is 7.55. The maximum Gasteiger partial charge on any atom is 0.412 e. The number of carbonyl (C=O) groups is 1. The summed E-state index contributed by atoms with van der Waals surface area (Å²) in [4.78, 5) is 22.4. The van der Waals surface area contributed by atoms with Crippen LogP contribution in [0.2, 0.25) is 0 Å². The Labute approximate surface area is 288 Å². The van der Waals surface area contributed by atoms with Crippen LogP contribution in [0, 0.1) is 5.41 Å². The van der Waals surface area contributed by atoms with Crippen LogP contribution < -0.4 is 5.32 Å². The van der Waals surface area contributed by atoms with Gasteiger partial charge in [-0.15, -0.1) is 0 Å². The van der Waals surface area contributed by atoms with Crippen molar-refractivity contribution in [3.63, 3.8) is 0 Å². The minimum absolute atomic E-state index is 0.0128. The molecule has 7 nitrogen and oxygen atoms in total. The molecular weight excluding hydrogens is 660 g/mol. The number of hydrogen-bond donors (Lipinski definition) is 1. The average molecular weight is 704 g/mol. The number of nitrogens with one attached hydrogen (secondary N) is 1. The van der Waals surface area contributed by atoms with E-state index in [2.05, 4.69) is 14.8 Å². The fraction of sp³-hybridized carbons (Fsp3) is 0.514. The SMILES string of the molecule is CCOCCn1c(NC2CCN([C@@H]3CCN(C(=O)C4(C(F)(F)F)C=CC=C(C(F)(F)F)C4)[C@H](Cc4ccccc4)C3)CC2)nc2ccccc21. The van der Waals surface area contributed by atoms with Crippen molar-refractivity contribution in [1.29, 1.82) is 0 Å². The molecule has 13 heteroatoms. The lowest BCUT2D eigenvalue weighted by Gasteiger charge is -2.48. The number of aromatic nitrogens is 2. The van der Waals surface area contributed by atoms with E-state index in [0.717, 1.165) is 54.6 Å². The predicted molar refractivity (Wildman–Crippen MR) is 179 cm³/mol. The van der Waals surface area contributed by atoms with E-state index in [9.17, 15) is 31.1 Å². The zero-order valence-electron chi connectivity index (χ0n) is 28.0. The fourth-order valence-electron chi connectivity index (χ4n) is 7.67. The molecule has 270 valence electrons. The van der Waals surface area contributed by atoms with Gasteiger partial charge in [0.1, 0.15) is 0 Å². The first-order valence-electron chi connectivity index (χ1n) is 17.3. The molecule has 2 aliphatic heterocycles. The molecule has 0 radical (unpaired) electrons. The first kappa shape index (κ1) is 36.0. The standard InChI is InChI=1S/C37H43F6N5O2/c1-2-50-22-21-48-32-13-7-6-12-31(32)45-34(48)44-28-14-18-46(19-15-28)29-16-20-47(30(24-29)23-26-9-4-3-5-10-26)33(49)35(37(41,42)43)17-8-11-27(25-35)36(38,39)40/h3-13,17,28-30H,2,14-16,18-25H2,1H3,(H,44,45)/t29-,30-,35?/m1/s1. The van der Waals surface area contributed by atoms with Crippen molar-refractivity contribution in [3.05, 3.63) is 84.0 Å². The zero-order chi connectivity index (χ0) is 35.5. The second kappa shape index (κ2) is 14.8. The van der Waals surface area contributed by atoms with Gasteiger partial charge in [-0.05, 0) is 56.7 Å². The molecule has 0 bridgehead atoms. The van der Waals surface area contributed by atoms with Gasteiger partial charge in [-0.2, -0.15) is 26.3 Å².